The van der Waals surface area contributed by atoms with Crippen LogP contribution in [0.4, 0.5) is 11.4 Å². The lowest BCUT2D eigenvalue weighted by Gasteiger charge is -2.27. The fourth-order valence-electron chi connectivity index (χ4n) is 4.80. The summed E-state index contributed by atoms with van der Waals surface area (Å²) in [5.41, 5.74) is 2.77. The standard InChI is InChI=1S/C31H31N3O7/c1-20-7-13-23(14-8-20)32-28-27(30(37)22-9-15-24(16-10-22)34(39)40)29(21-11-17-25(41-2)18-12-21)33(31(28)38)19-5-3-4-6-26(35)36/h7-18,29,32H,3-6,19H2,1-2H3,(H,35,36). The minimum absolute atomic E-state index is 0.0399. The molecule has 0 aromatic heterocycles. The number of ether oxygens (including phenoxy) is 1. The van der Waals surface area contributed by atoms with Crippen LogP contribution in [0, 0.1) is 17.0 Å². The number of nitro groups is 1. The molecule has 3 aromatic rings. The van der Waals surface area contributed by atoms with Crippen LogP contribution in [0.3, 0.4) is 0 Å². The molecule has 1 aliphatic rings. The molecular weight excluding hydrogens is 526 g/mol. The molecule has 2 N–H and O–H groups in total. The fraction of sp³-hybridized carbons (Fsp3) is 0.258. The number of carbonyl (C=O) groups is 3. The van der Waals surface area contributed by atoms with Crippen LogP contribution >= 0.6 is 0 Å². The van der Waals surface area contributed by atoms with Crippen molar-refractivity contribution in [1.82, 2.24) is 4.90 Å². The average molecular weight is 558 g/mol. The molecule has 1 unspecified atom stereocenters. The van der Waals surface area contributed by atoms with Gasteiger partial charge in [-0.05, 0) is 61.7 Å². The van der Waals surface area contributed by atoms with Gasteiger partial charge >= 0.3 is 5.97 Å². The number of hydrogen-bond donors (Lipinski definition) is 2. The van der Waals surface area contributed by atoms with Crippen LogP contribution in [0.5, 0.6) is 5.75 Å². The molecule has 1 amide bonds. The summed E-state index contributed by atoms with van der Waals surface area (Å²) in [6.45, 7) is 2.24. The van der Waals surface area contributed by atoms with Crippen LogP contribution in [0.2, 0.25) is 0 Å². The molecule has 0 aliphatic carbocycles. The summed E-state index contributed by atoms with van der Waals surface area (Å²) in [4.78, 5) is 51.3. The number of aryl methyl sites for hydroxylation is 1. The third kappa shape index (κ3) is 6.78. The zero-order valence-electron chi connectivity index (χ0n) is 22.8. The molecule has 41 heavy (non-hydrogen) atoms. The second-order valence-corrected chi connectivity index (χ2v) is 9.79. The van der Waals surface area contributed by atoms with Gasteiger partial charge in [-0.25, -0.2) is 0 Å². The number of carboxylic acid groups (broad SMARTS) is 1. The van der Waals surface area contributed by atoms with Crippen LogP contribution in [-0.4, -0.2) is 46.2 Å². The first-order valence-corrected chi connectivity index (χ1v) is 13.2. The van der Waals surface area contributed by atoms with Crippen LogP contribution in [0.15, 0.2) is 84.1 Å². The molecule has 1 aliphatic heterocycles. The number of amides is 1. The van der Waals surface area contributed by atoms with Gasteiger partial charge in [0.15, 0.2) is 5.78 Å². The molecule has 212 valence electrons. The molecule has 0 saturated heterocycles. The number of aliphatic carboxylic acids is 1. The summed E-state index contributed by atoms with van der Waals surface area (Å²) in [6.07, 6.45) is 1.65. The van der Waals surface area contributed by atoms with Gasteiger partial charge in [-0.3, -0.25) is 24.5 Å². The van der Waals surface area contributed by atoms with E-state index in [1.165, 1.54) is 24.3 Å². The summed E-state index contributed by atoms with van der Waals surface area (Å²) in [7, 11) is 1.55. The summed E-state index contributed by atoms with van der Waals surface area (Å²) in [5.74, 6) is -1.06. The third-order valence-corrected chi connectivity index (χ3v) is 6.96. The second kappa shape index (κ2) is 12.9. The lowest BCUT2D eigenvalue weighted by Crippen LogP contribution is -2.32. The Morgan fingerprint density at radius 2 is 1.63 bits per heavy atom. The van der Waals surface area contributed by atoms with Gasteiger partial charge in [0, 0.05) is 36.3 Å². The summed E-state index contributed by atoms with van der Waals surface area (Å²) in [6, 6.07) is 19.1. The van der Waals surface area contributed by atoms with Gasteiger partial charge in [0.25, 0.3) is 11.6 Å². The van der Waals surface area contributed by atoms with E-state index in [9.17, 15) is 24.5 Å². The number of ketones is 1. The number of rotatable bonds is 13. The Hall–Kier alpha value is -4.99. The Balaban J connectivity index is 1.79. The number of non-ortho nitro benzene ring substituents is 1. The van der Waals surface area contributed by atoms with E-state index in [0.29, 0.717) is 42.8 Å². The Labute approximate surface area is 237 Å². The number of Topliss-reactive ketones (excluding diaryl/α,β-unsaturated/α-hetero) is 1. The average Bonchev–Trinajstić information content (AvgIpc) is 3.24. The Morgan fingerprint density at radius 1 is 0.976 bits per heavy atom. The quantitative estimate of drug-likeness (QED) is 0.118. The molecule has 0 fully saturated rings. The van der Waals surface area contributed by atoms with Crippen molar-refractivity contribution in [3.8, 4) is 5.75 Å². The van der Waals surface area contributed by atoms with E-state index >= 15 is 0 Å². The molecular formula is C31H31N3O7. The Bertz CT molecular complexity index is 1460. The highest BCUT2D eigenvalue weighted by Crippen LogP contribution is 2.41. The Morgan fingerprint density at radius 3 is 2.22 bits per heavy atom. The maximum Gasteiger partial charge on any atom is 0.303 e. The van der Waals surface area contributed by atoms with Crippen molar-refractivity contribution in [1.29, 1.82) is 0 Å². The molecule has 0 radical (unpaired) electrons. The minimum atomic E-state index is -0.874. The van der Waals surface area contributed by atoms with Gasteiger partial charge in [0.2, 0.25) is 0 Å². The van der Waals surface area contributed by atoms with Gasteiger partial charge < -0.3 is 20.1 Å². The number of unbranched alkanes of at least 4 members (excludes halogenated alkanes) is 2. The number of carboxylic acids is 1. The summed E-state index contributed by atoms with van der Waals surface area (Å²) < 4.78 is 5.30. The highest BCUT2D eigenvalue weighted by molar-refractivity contribution is 6.18. The highest BCUT2D eigenvalue weighted by Gasteiger charge is 2.43. The lowest BCUT2D eigenvalue weighted by molar-refractivity contribution is -0.384. The van der Waals surface area contributed by atoms with Crippen molar-refractivity contribution in [2.24, 2.45) is 0 Å². The monoisotopic (exact) mass is 557 g/mol. The molecule has 4 rings (SSSR count). The predicted octanol–water partition coefficient (Wildman–Crippen LogP) is 5.69. The van der Waals surface area contributed by atoms with E-state index in [2.05, 4.69) is 5.32 Å². The topological polar surface area (TPSA) is 139 Å². The SMILES string of the molecule is COc1ccc(C2C(C(=O)c3ccc([N+](=O)[O-])cc3)=C(Nc3ccc(C)cc3)C(=O)N2CCCCCC(=O)O)cc1. The summed E-state index contributed by atoms with van der Waals surface area (Å²) in [5, 5.41) is 23.3. The number of nitrogens with one attached hydrogen (secondary N) is 1. The van der Waals surface area contributed by atoms with Crippen LogP contribution in [-0.2, 0) is 9.59 Å². The van der Waals surface area contributed by atoms with Crippen molar-refractivity contribution in [2.45, 2.75) is 38.6 Å². The molecule has 0 bridgehead atoms. The van der Waals surface area contributed by atoms with Crippen molar-refractivity contribution in [3.05, 3.63) is 111 Å². The fourth-order valence-corrected chi connectivity index (χ4v) is 4.80. The van der Waals surface area contributed by atoms with Crippen LogP contribution < -0.4 is 10.1 Å². The van der Waals surface area contributed by atoms with Crippen LogP contribution in [0.25, 0.3) is 0 Å². The van der Waals surface area contributed by atoms with Gasteiger partial charge in [-0.2, -0.15) is 0 Å². The summed E-state index contributed by atoms with van der Waals surface area (Å²) >= 11 is 0. The van der Waals surface area contributed by atoms with Crippen LogP contribution in [0.1, 0.15) is 53.2 Å². The normalized spacial score (nSPS) is 14.7. The lowest BCUT2D eigenvalue weighted by atomic mass is 9.92. The smallest absolute Gasteiger partial charge is 0.303 e. The highest BCUT2D eigenvalue weighted by atomic mass is 16.6. The molecule has 3 aromatic carbocycles. The molecule has 0 spiro atoms. The van der Waals surface area contributed by atoms with E-state index in [1.807, 2.05) is 31.2 Å². The van der Waals surface area contributed by atoms with Gasteiger partial charge in [-0.15, -0.1) is 0 Å². The van der Waals surface area contributed by atoms with Crippen molar-refractivity contribution >= 4 is 29.0 Å². The minimum Gasteiger partial charge on any atom is -0.497 e. The maximum atomic E-state index is 14.1. The zero-order valence-corrected chi connectivity index (χ0v) is 22.8. The van der Waals surface area contributed by atoms with Crippen molar-refractivity contribution in [3.63, 3.8) is 0 Å². The maximum absolute atomic E-state index is 14.1. The molecule has 10 heteroatoms. The van der Waals surface area contributed by atoms with E-state index in [-0.39, 0.29) is 34.8 Å². The number of hydrogen-bond acceptors (Lipinski definition) is 7. The van der Waals surface area contributed by atoms with Crippen molar-refractivity contribution < 1.29 is 29.2 Å². The molecule has 1 heterocycles. The van der Waals surface area contributed by atoms with Gasteiger partial charge in [0.1, 0.15) is 11.4 Å². The molecule has 1 atom stereocenters. The first-order chi connectivity index (χ1) is 19.7. The predicted molar refractivity (Wildman–Crippen MR) is 153 cm³/mol. The van der Waals surface area contributed by atoms with E-state index in [4.69, 9.17) is 9.84 Å². The van der Waals surface area contributed by atoms with E-state index in [0.717, 1.165) is 5.56 Å². The molecule has 0 saturated carbocycles. The number of methoxy groups -OCH3 is 1. The number of anilines is 1. The number of nitrogens with zero attached hydrogens (tertiary/aromatic N) is 2. The first kappa shape index (κ1) is 29.0. The van der Waals surface area contributed by atoms with Gasteiger partial charge in [0.05, 0.1) is 23.6 Å². The van der Waals surface area contributed by atoms with Gasteiger partial charge in [-0.1, -0.05) is 36.2 Å². The first-order valence-electron chi connectivity index (χ1n) is 13.2. The van der Waals surface area contributed by atoms with Crippen molar-refractivity contribution in [2.75, 3.05) is 19.0 Å². The van der Waals surface area contributed by atoms with E-state index < -0.39 is 22.7 Å². The third-order valence-electron chi connectivity index (χ3n) is 6.96. The zero-order chi connectivity index (χ0) is 29.5. The largest absolute Gasteiger partial charge is 0.497 e. The number of benzene rings is 3. The molecule has 10 nitrogen and oxygen atoms in total. The number of nitro benzene ring substituents is 1. The second-order valence-electron chi connectivity index (χ2n) is 9.79. The number of carbonyl (C=O) groups excluding carboxylic acids is 2. The Kier molecular flexibility index (Phi) is 9.13. The van der Waals surface area contributed by atoms with E-state index in [1.54, 1.807) is 36.3 Å².